The summed E-state index contributed by atoms with van der Waals surface area (Å²) in [5.74, 6) is 0. The second-order valence-electron chi connectivity index (χ2n) is 6.40. The molecule has 3 aromatic rings. The van der Waals surface area contributed by atoms with Crippen LogP contribution in [0.1, 0.15) is 16.7 Å². The van der Waals surface area contributed by atoms with Crippen molar-refractivity contribution in [2.75, 3.05) is 10.0 Å². The van der Waals surface area contributed by atoms with Gasteiger partial charge in [-0.05, 0) is 68.3 Å². The Morgan fingerprint density at radius 1 is 0.692 bits per heavy atom. The fraction of sp³-hybridized carbons (Fsp3) is 0.143. The third-order valence-electron chi connectivity index (χ3n) is 4.07. The van der Waals surface area contributed by atoms with E-state index in [9.17, 15) is 8.42 Å². The molecule has 0 fully saturated rings. The fourth-order valence-corrected chi connectivity index (χ4v) is 4.62. The van der Waals surface area contributed by atoms with Gasteiger partial charge in [-0.3, -0.25) is 4.72 Å². The lowest BCUT2D eigenvalue weighted by atomic mass is 10.1. The summed E-state index contributed by atoms with van der Waals surface area (Å²) in [6, 6.07) is 20.8. The quantitative estimate of drug-likeness (QED) is 0.656. The van der Waals surface area contributed by atoms with Gasteiger partial charge in [0.15, 0.2) is 0 Å². The van der Waals surface area contributed by atoms with Crippen molar-refractivity contribution in [2.24, 2.45) is 0 Å². The van der Waals surface area contributed by atoms with Gasteiger partial charge in [0.2, 0.25) is 0 Å². The molecular formula is C21H22N2O2S. The van der Waals surface area contributed by atoms with Gasteiger partial charge in [0, 0.05) is 17.1 Å². The van der Waals surface area contributed by atoms with Crippen molar-refractivity contribution in [3.63, 3.8) is 0 Å². The lowest BCUT2D eigenvalue weighted by Crippen LogP contribution is -2.16. The van der Waals surface area contributed by atoms with E-state index >= 15 is 0 Å². The smallest absolute Gasteiger partial charge is 0.262 e. The highest BCUT2D eigenvalue weighted by Gasteiger charge is 2.19. The van der Waals surface area contributed by atoms with Crippen LogP contribution in [0, 0.1) is 20.8 Å². The van der Waals surface area contributed by atoms with Crippen LogP contribution in [0.3, 0.4) is 0 Å². The van der Waals surface area contributed by atoms with E-state index in [1.807, 2.05) is 75.4 Å². The van der Waals surface area contributed by atoms with Gasteiger partial charge in [-0.15, -0.1) is 0 Å². The lowest BCUT2D eigenvalue weighted by molar-refractivity contribution is 0.600. The average Bonchev–Trinajstić information content (AvgIpc) is 2.56. The number of hydrogen-bond acceptors (Lipinski definition) is 3. The van der Waals surface area contributed by atoms with Crippen LogP contribution in [0.5, 0.6) is 0 Å². The van der Waals surface area contributed by atoms with E-state index in [1.165, 1.54) is 0 Å². The first-order chi connectivity index (χ1) is 12.3. The van der Waals surface area contributed by atoms with E-state index in [4.69, 9.17) is 0 Å². The van der Waals surface area contributed by atoms with Gasteiger partial charge >= 0.3 is 0 Å². The molecule has 134 valence electrons. The molecule has 0 aromatic heterocycles. The van der Waals surface area contributed by atoms with Gasteiger partial charge < -0.3 is 5.32 Å². The molecule has 5 heteroatoms. The molecule has 0 saturated carbocycles. The van der Waals surface area contributed by atoms with E-state index in [-0.39, 0.29) is 0 Å². The molecule has 0 aliphatic carbocycles. The van der Waals surface area contributed by atoms with Crippen molar-refractivity contribution in [1.29, 1.82) is 0 Å². The first-order valence-electron chi connectivity index (χ1n) is 8.38. The number of benzene rings is 3. The van der Waals surface area contributed by atoms with Crippen molar-refractivity contribution >= 4 is 27.1 Å². The summed E-state index contributed by atoms with van der Waals surface area (Å²) in [4.78, 5) is 0.342. The van der Waals surface area contributed by atoms with Crippen LogP contribution in [0.4, 0.5) is 17.1 Å². The SMILES string of the molecule is Cc1cc(C)c(S(=O)(=O)Nc2ccc(Nc3ccccc3)cc2)c(C)c1. The first kappa shape index (κ1) is 18.0. The Hall–Kier alpha value is -2.79. The zero-order chi connectivity index (χ0) is 18.7. The van der Waals surface area contributed by atoms with Gasteiger partial charge in [-0.2, -0.15) is 0 Å². The first-order valence-corrected chi connectivity index (χ1v) is 9.86. The standard InChI is InChI=1S/C21H22N2O2S/c1-15-13-16(2)21(17(3)14-15)26(24,25)23-20-11-9-19(10-12-20)22-18-7-5-4-6-8-18/h4-14,22-23H,1-3H3. The van der Waals surface area contributed by atoms with E-state index in [0.29, 0.717) is 10.6 Å². The Morgan fingerprint density at radius 2 is 1.19 bits per heavy atom. The summed E-state index contributed by atoms with van der Waals surface area (Å²) in [5, 5.41) is 3.27. The Bertz CT molecular complexity index is 989. The highest BCUT2D eigenvalue weighted by molar-refractivity contribution is 7.92. The van der Waals surface area contributed by atoms with Gasteiger partial charge in [0.25, 0.3) is 10.0 Å². The van der Waals surface area contributed by atoms with Gasteiger partial charge in [0.05, 0.1) is 4.90 Å². The maximum absolute atomic E-state index is 12.8. The minimum absolute atomic E-state index is 0.342. The van der Waals surface area contributed by atoms with Gasteiger partial charge in [-0.25, -0.2) is 8.42 Å². The highest BCUT2D eigenvalue weighted by Crippen LogP contribution is 2.25. The highest BCUT2D eigenvalue weighted by atomic mass is 32.2. The van der Waals surface area contributed by atoms with E-state index in [0.717, 1.165) is 28.1 Å². The molecule has 0 amide bonds. The molecule has 26 heavy (non-hydrogen) atoms. The number of sulfonamides is 1. The predicted molar refractivity (Wildman–Crippen MR) is 108 cm³/mol. The molecule has 0 atom stereocenters. The number of para-hydroxylation sites is 1. The average molecular weight is 366 g/mol. The summed E-state index contributed by atoms with van der Waals surface area (Å²) in [7, 11) is -3.63. The Balaban J connectivity index is 1.80. The summed E-state index contributed by atoms with van der Waals surface area (Å²) in [6.45, 7) is 5.60. The molecule has 0 radical (unpaired) electrons. The van der Waals surface area contributed by atoms with Crippen LogP contribution in [0.25, 0.3) is 0 Å². The van der Waals surface area contributed by atoms with E-state index in [2.05, 4.69) is 10.0 Å². The van der Waals surface area contributed by atoms with Crippen LogP contribution < -0.4 is 10.0 Å². The molecule has 0 saturated heterocycles. The number of aryl methyl sites for hydroxylation is 3. The normalized spacial score (nSPS) is 11.2. The maximum atomic E-state index is 12.8. The van der Waals surface area contributed by atoms with E-state index in [1.54, 1.807) is 12.1 Å². The topological polar surface area (TPSA) is 58.2 Å². The van der Waals surface area contributed by atoms with Gasteiger partial charge in [-0.1, -0.05) is 35.9 Å². The summed E-state index contributed by atoms with van der Waals surface area (Å²) in [5.41, 5.74) is 4.95. The van der Waals surface area contributed by atoms with Crippen LogP contribution in [0.2, 0.25) is 0 Å². The molecule has 2 N–H and O–H groups in total. The lowest BCUT2D eigenvalue weighted by Gasteiger charge is -2.14. The molecule has 4 nitrogen and oxygen atoms in total. The van der Waals surface area contributed by atoms with Crippen LogP contribution >= 0.6 is 0 Å². The van der Waals surface area contributed by atoms with Crippen molar-refractivity contribution in [3.8, 4) is 0 Å². The number of nitrogens with one attached hydrogen (secondary N) is 2. The van der Waals surface area contributed by atoms with Gasteiger partial charge in [0.1, 0.15) is 0 Å². The second-order valence-corrected chi connectivity index (χ2v) is 8.02. The number of hydrogen-bond donors (Lipinski definition) is 2. The zero-order valence-corrected chi connectivity index (χ0v) is 15.9. The molecule has 3 rings (SSSR count). The predicted octanol–water partition coefficient (Wildman–Crippen LogP) is 5.16. The molecular weight excluding hydrogens is 344 g/mol. The molecule has 0 aliphatic heterocycles. The van der Waals surface area contributed by atoms with Crippen molar-refractivity contribution in [2.45, 2.75) is 25.7 Å². The largest absolute Gasteiger partial charge is 0.356 e. The number of anilines is 3. The molecule has 0 unspecified atom stereocenters. The fourth-order valence-electron chi connectivity index (χ4n) is 3.11. The van der Waals surface area contributed by atoms with Crippen molar-refractivity contribution in [1.82, 2.24) is 0 Å². The van der Waals surface area contributed by atoms with Crippen molar-refractivity contribution < 1.29 is 8.42 Å². The minimum atomic E-state index is -3.63. The molecule has 0 heterocycles. The molecule has 0 aliphatic rings. The van der Waals surface area contributed by atoms with Crippen molar-refractivity contribution in [3.05, 3.63) is 83.4 Å². The number of rotatable bonds is 5. The summed E-state index contributed by atoms with van der Waals surface area (Å²) in [6.07, 6.45) is 0. The molecule has 0 spiro atoms. The third-order valence-corrected chi connectivity index (χ3v) is 5.76. The van der Waals surface area contributed by atoms with Crippen LogP contribution in [-0.2, 0) is 10.0 Å². The summed E-state index contributed by atoms with van der Waals surface area (Å²) < 4.78 is 28.3. The Labute approximate surface area is 155 Å². The zero-order valence-electron chi connectivity index (χ0n) is 15.1. The van der Waals surface area contributed by atoms with E-state index < -0.39 is 10.0 Å². The monoisotopic (exact) mass is 366 g/mol. The van der Waals surface area contributed by atoms with Crippen LogP contribution in [-0.4, -0.2) is 8.42 Å². The summed E-state index contributed by atoms with van der Waals surface area (Å²) >= 11 is 0. The maximum Gasteiger partial charge on any atom is 0.262 e. The Morgan fingerprint density at radius 3 is 1.77 bits per heavy atom. The molecule has 0 bridgehead atoms. The minimum Gasteiger partial charge on any atom is -0.356 e. The third kappa shape index (κ3) is 4.06. The molecule has 3 aromatic carbocycles. The van der Waals surface area contributed by atoms with Crippen LogP contribution in [0.15, 0.2) is 71.6 Å². The Kier molecular flexibility index (Phi) is 5.00. The second kappa shape index (κ2) is 7.22.